The summed E-state index contributed by atoms with van der Waals surface area (Å²) in [5.74, 6) is -1.83. The van der Waals surface area contributed by atoms with Gasteiger partial charge in [0.2, 0.25) is 17.7 Å². The fourth-order valence-corrected chi connectivity index (χ4v) is 6.94. The van der Waals surface area contributed by atoms with Crippen molar-refractivity contribution >= 4 is 36.0 Å². The van der Waals surface area contributed by atoms with Crippen molar-refractivity contribution in [3.05, 3.63) is 209 Å². The molecule has 0 saturated carbocycles. The van der Waals surface area contributed by atoms with Crippen LogP contribution in [-0.4, -0.2) is 35.6 Å². The quantitative estimate of drug-likeness (QED) is 0.0679. The van der Waals surface area contributed by atoms with Crippen molar-refractivity contribution in [2.24, 2.45) is 0 Å². The van der Waals surface area contributed by atoms with Crippen LogP contribution in [0.4, 0.5) is 5.69 Å². The van der Waals surface area contributed by atoms with Gasteiger partial charge in [0.15, 0.2) is 0 Å². The molecule has 0 aliphatic heterocycles. The van der Waals surface area contributed by atoms with Gasteiger partial charge < -0.3 is 16.0 Å². The third-order valence-corrected chi connectivity index (χ3v) is 9.62. The second kappa shape index (κ2) is 18.0. The molecule has 0 spiro atoms. The highest BCUT2D eigenvalue weighted by Crippen LogP contribution is 2.33. The molecule has 0 unspecified atom stereocenters. The van der Waals surface area contributed by atoms with E-state index < -0.39 is 29.8 Å². The number of carbonyl (C=O) groups is 3. The highest BCUT2D eigenvalue weighted by Gasteiger charge is 2.30. The van der Waals surface area contributed by atoms with Gasteiger partial charge in [-0.15, -0.1) is 0 Å². The molecule has 6 rings (SSSR count). The van der Waals surface area contributed by atoms with E-state index in [0.29, 0.717) is 5.69 Å². The van der Waals surface area contributed by atoms with Gasteiger partial charge in [-0.25, -0.2) is 0 Å². The number of hydrogen-bond donors (Lipinski definition) is 4. The van der Waals surface area contributed by atoms with Crippen molar-refractivity contribution in [1.29, 1.82) is 0 Å². The molecule has 6 aromatic rings. The molecule has 3 amide bonds. The Morgan fingerprint density at radius 1 is 0.509 bits per heavy atom. The molecular weight excluding hydrogens is 675 g/mol. The van der Waals surface area contributed by atoms with Crippen molar-refractivity contribution in [2.45, 2.75) is 37.3 Å². The number of amides is 3. The lowest BCUT2D eigenvalue weighted by molar-refractivity contribution is -0.131. The van der Waals surface area contributed by atoms with Gasteiger partial charge in [-0.05, 0) is 52.4 Å². The van der Waals surface area contributed by atoms with E-state index in [1.165, 1.54) is 0 Å². The monoisotopic (exact) mass is 717 g/mol. The van der Waals surface area contributed by atoms with Crippen LogP contribution in [0.25, 0.3) is 0 Å². The van der Waals surface area contributed by atoms with Crippen LogP contribution in [0.5, 0.6) is 0 Å². The molecule has 0 aliphatic rings. The minimum absolute atomic E-state index is 0.0452. The van der Waals surface area contributed by atoms with E-state index in [-0.39, 0.29) is 24.0 Å². The van der Waals surface area contributed by atoms with Crippen LogP contribution < -0.4 is 16.0 Å². The molecule has 3 N–H and O–H groups in total. The van der Waals surface area contributed by atoms with Crippen LogP contribution in [0, 0.1) is 6.92 Å². The molecule has 53 heavy (non-hydrogen) atoms. The van der Waals surface area contributed by atoms with Crippen LogP contribution in [0.15, 0.2) is 170 Å². The summed E-state index contributed by atoms with van der Waals surface area (Å²) >= 11 is 4.46. The lowest BCUT2D eigenvalue weighted by atomic mass is 9.85. The molecule has 0 saturated heterocycles. The minimum Gasteiger partial charge on any atom is -0.343 e. The highest BCUT2D eigenvalue weighted by atomic mass is 32.1. The number of hydrogen-bond acceptors (Lipinski definition) is 4. The molecule has 266 valence electrons. The van der Waals surface area contributed by atoms with Crippen LogP contribution in [0.1, 0.15) is 50.8 Å². The van der Waals surface area contributed by atoms with Crippen LogP contribution in [-0.2, 0) is 20.8 Å². The average Bonchev–Trinajstić information content (AvgIpc) is 3.18. The molecule has 6 aromatic carbocycles. The van der Waals surface area contributed by atoms with Crippen LogP contribution >= 0.6 is 12.6 Å². The Hall–Kier alpha value is -5.92. The number of thiol groups is 1. The molecule has 0 bridgehead atoms. The minimum atomic E-state index is -0.968. The van der Waals surface area contributed by atoms with Crippen molar-refractivity contribution in [3.8, 4) is 0 Å². The van der Waals surface area contributed by atoms with E-state index in [2.05, 4.69) is 58.9 Å². The first-order valence-corrected chi connectivity index (χ1v) is 18.4. The number of benzene rings is 6. The average molecular weight is 718 g/mol. The van der Waals surface area contributed by atoms with Gasteiger partial charge in [-0.3, -0.25) is 14.4 Å². The van der Waals surface area contributed by atoms with E-state index in [0.717, 1.165) is 38.9 Å². The summed E-state index contributed by atoms with van der Waals surface area (Å²) in [6.45, 7) is 1.98. The summed E-state index contributed by atoms with van der Waals surface area (Å²) in [6.07, 6.45) is 0.235. The van der Waals surface area contributed by atoms with Gasteiger partial charge >= 0.3 is 0 Å². The second-order valence-electron chi connectivity index (χ2n) is 13.1. The zero-order valence-electron chi connectivity index (χ0n) is 29.6. The van der Waals surface area contributed by atoms with Gasteiger partial charge in [0.25, 0.3) is 0 Å². The molecule has 0 aliphatic carbocycles. The lowest BCUT2D eigenvalue weighted by Gasteiger charge is -2.25. The van der Waals surface area contributed by atoms with E-state index in [1.54, 1.807) is 0 Å². The molecule has 0 aromatic heterocycles. The molecule has 7 heteroatoms. The van der Waals surface area contributed by atoms with Gasteiger partial charge in [0.05, 0.1) is 5.92 Å². The maximum absolute atomic E-state index is 14.2. The Balaban J connectivity index is 1.22. The van der Waals surface area contributed by atoms with Gasteiger partial charge in [0.1, 0.15) is 12.1 Å². The van der Waals surface area contributed by atoms with E-state index in [1.807, 2.05) is 146 Å². The Bertz CT molecular complexity index is 2030. The Morgan fingerprint density at radius 3 is 1.53 bits per heavy atom. The van der Waals surface area contributed by atoms with Crippen molar-refractivity contribution < 1.29 is 14.4 Å². The fourth-order valence-electron chi connectivity index (χ4n) is 6.69. The molecule has 0 heterocycles. The van der Waals surface area contributed by atoms with Crippen molar-refractivity contribution in [1.82, 2.24) is 10.6 Å². The first-order valence-electron chi connectivity index (χ1n) is 17.8. The predicted octanol–water partition coefficient (Wildman–Crippen LogP) is 8.09. The zero-order valence-corrected chi connectivity index (χ0v) is 30.5. The first-order chi connectivity index (χ1) is 25.9. The predicted molar refractivity (Wildman–Crippen MR) is 216 cm³/mol. The summed E-state index contributed by atoms with van der Waals surface area (Å²) in [6, 6.07) is 53.2. The molecular formula is C46H43N3O3S. The molecule has 2 atom stereocenters. The van der Waals surface area contributed by atoms with Crippen LogP contribution in [0.3, 0.4) is 0 Å². The fraction of sp³-hybridized carbons (Fsp3) is 0.152. The summed E-state index contributed by atoms with van der Waals surface area (Å²) < 4.78 is 0. The number of anilines is 1. The smallest absolute Gasteiger partial charge is 0.247 e. The third kappa shape index (κ3) is 9.70. The number of rotatable bonds is 14. The SMILES string of the molecule is Cc1cccc(C[C@H](NC(=O)C(c2ccccc2)c2ccccc2)C(=O)N[C@@H](CS)C(=O)Nc2cccc(C(c3ccccc3)c3ccccc3)c2)c1. The normalized spacial score (nSPS) is 12.2. The third-order valence-electron chi connectivity index (χ3n) is 9.25. The highest BCUT2D eigenvalue weighted by molar-refractivity contribution is 7.80. The van der Waals surface area contributed by atoms with E-state index in [4.69, 9.17) is 0 Å². The second-order valence-corrected chi connectivity index (χ2v) is 13.5. The summed E-state index contributed by atoms with van der Waals surface area (Å²) in [5.41, 5.74) is 7.41. The number of nitrogens with one attached hydrogen (secondary N) is 3. The molecule has 6 nitrogen and oxygen atoms in total. The number of aryl methyl sites for hydroxylation is 1. The molecule has 0 radical (unpaired) electrons. The standard InChI is InChI=1S/C46H43N3O3S/c1-32-16-14-17-33(28-32)29-40(48-46(52)43(36-22-10-4-11-23-36)37-24-12-5-13-25-37)44(50)49-41(31-53)45(51)47-39-27-15-26-38(30-39)42(34-18-6-2-7-19-34)35-20-8-3-9-21-35/h2-28,30,40-43,53H,29,31H2,1H3,(H,47,51)(H,48,52)(H,49,50)/t40-,41-/m0/s1. The zero-order chi connectivity index (χ0) is 37.0. The number of carbonyl (C=O) groups excluding carboxylic acids is 3. The van der Waals surface area contributed by atoms with E-state index >= 15 is 0 Å². The maximum Gasteiger partial charge on any atom is 0.247 e. The Morgan fingerprint density at radius 2 is 1.00 bits per heavy atom. The lowest BCUT2D eigenvalue weighted by Crippen LogP contribution is -2.54. The van der Waals surface area contributed by atoms with Crippen molar-refractivity contribution in [2.75, 3.05) is 11.1 Å². The van der Waals surface area contributed by atoms with Crippen LogP contribution in [0.2, 0.25) is 0 Å². The Labute approximate surface area is 317 Å². The van der Waals surface area contributed by atoms with Gasteiger partial charge in [0, 0.05) is 23.8 Å². The largest absolute Gasteiger partial charge is 0.343 e. The summed E-state index contributed by atoms with van der Waals surface area (Å²) in [5, 5.41) is 8.94. The maximum atomic E-state index is 14.2. The van der Waals surface area contributed by atoms with Gasteiger partial charge in [-0.1, -0.05) is 163 Å². The summed E-state index contributed by atoms with van der Waals surface area (Å²) in [7, 11) is 0. The van der Waals surface area contributed by atoms with E-state index in [9.17, 15) is 14.4 Å². The first kappa shape index (κ1) is 36.9. The Kier molecular flexibility index (Phi) is 12.5. The molecule has 0 fully saturated rings. The van der Waals surface area contributed by atoms with Crippen molar-refractivity contribution in [3.63, 3.8) is 0 Å². The topological polar surface area (TPSA) is 87.3 Å². The summed E-state index contributed by atoms with van der Waals surface area (Å²) in [4.78, 5) is 42.0. The van der Waals surface area contributed by atoms with Gasteiger partial charge in [-0.2, -0.15) is 12.6 Å².